The van der Waals surface area contributed by atoms with Gasteiger partial charge in [-0.25, -0.2) is 9.18 Å². The molecule has 0 radical (unpaired) electrons. The summed E-state index contributed by atoms with van der Waals surface area (Å²) in [6, 6.07) is 9.20. The van der Waals surface area contributed by atoms with Gasteiger partial charge in [0.05, 0.1) is 18.8 Å². The second-order valence-corrected chi connectivity index (χ2v) is 5.75. The molecule has 1 atom stereocenters. The van der Waals surface area contributed by atoms with Gasteiger partial charge in [-0.15, -0.1) is 0 Å². The SMILES string of the molecule is CCC(Nc1noc(-c2ccc(F)c(OC)c2)c1C(=O)O)c1ccccn1. The number of methoxy groups -OCH3 is 1. The molecule has 0 bridgehead atoms. The Morgan fingerprint density at radius 2 is 2.19 bits per heavy atom. The van der Waals surface area contributed by atoms with E-state index in [9.17, 15) is 14.3 Å². The average molecular weight is 371 g/mol. The van der Waals surface area contributed by atoms with Gasteiger partial charge in [-0.2, -0.15) is 0 Å². The fourth-order valence-electron chi connectivity index (χ4n) is 2.72. The van der Waals surface area contributed by atoms with Gasteiger partial charge in [0.2, 0.25) is 0 Å². The number of aromatic nitrogens is 2. The van der Waals surface area contributed by atoms with E-state index in [0.717, 1.165) is 5.69 Å². The molecule has 2 heterocycles. The van der Waals surface area contributed by atoms with Crippen LogP contribution in [0.1, 0.15) is 35.4 Å². The number of anilines is 1. The van der Waals surface area contributed by atoms with Crippen LogP contribution in [0.4, 0.5) is 10.2 Å². The predicted octanol–water partition coefficient (Wildman–Crippen LogP) is 4.15. The van der Waals surface area contributed by atoms with Crippen LogP contribution in [-0.2, 0) is 0 Å². The van der Waals surface area contributed by atoms with E-state index in [-0.39, 0.29) is 28.9 Å². The molecule has 3 rings (SSSR count). The molecule has 0 spiro atoms. The van der Waals surface area contributed by atoms with Crippen LogP contribution in [0.5, 0.6) is 5.75 Å². The van der Waals surface area contributed by atoms with Crippen molar-refractivity contribution in [3.05, 3.63) is 59.7 Å². The first-order chi connectivity index (χ1) is 13.0. The number of benzene rings is 1. The number of nitrogens with one attached hydrogen (secondary N) is 1. The Kier molecular flexibility index (Phi) is 5.35. The van der Waals surface area contributed by atoms with Crippen LogP contribution in [0.25, 0.3) is 11.3 Å². The van der Waals surface area contributed by atoms with Crippen LogP contribution in [0.15, 0.2) is 47.1 Å². The number of ether oxygens (including phenoxy) is 1. The van der Waals surface area contributed by atoms with E-state index < -0.39 is 11.8 Å². The number of pyridine rings is 1. The number of hydrogen-bond acceptors (Lipinski definition) is 6. The Balaban J connectivity index is 2.00. The van der Waals surface area contributed by atoms with Crippen molar-refractivity contribution in [3.8, 4) is 17.1 Å². The number of rotatable bonds is 7. The van der Waals surface area contributed by atoms with Crippen LogP contribution in [0.3, 0.4) is 0 Å². The monoisotopic (exact) mass is 371 g/mol. The minimum Gasteiger partial charge on any atom is -0.494 e. The van der Waals surface area contributed by atoms with Crippen LogP contribution >= 0.6 is 0 Å². The fourth-order valence-corrected chi connectivity index (χ4v) is 2.72. The van der Waals surface area contributed by atoms with Crippen molar-refractivity contribution in [1.29, 1.82) is 0 Å². The highest BCUT2D eigenvalue weighted by Crippen LogP contribution is 2.34. The molecular formula is C19H18FN3O4. The molecule has 8 heteroatoms. The minimum atomic E-state index is -1.21. The Morgan fingerprint density at radius 1 is 1.37 bits per heavy atom. The normalized spacial score (nSPS) is 11.8. The van der Waals surface area contributed by atoms with Gasteiger partial charge in [0, 0.05) is 11.8 Å². The number of carboxylic acid groups (broad SMARTS) is 1. The molecule has 1 unspecified atom stereocenters. The molecule has 0 saturated heterocycles. The number of nitrogens with zero attached hydrogens (tertiary/aromatic N) is 2. The largest absolute Gasteiger partial charge is 0.494 e. The zero-order valence-electron chi connectivity index (χ0n) is 14.8. The van der Waals surface area contributed by atoms with Crippen LogP contribution in [0.2, 0.25) is 0 Å². The maximum absolute atomic E-state index is 13.6. The van der Waals surface area contributed by atoms with Crippen molar-refractivity contribution in [3.63, 3.8) is 0 Å². The van der Waals surface area contributed by atoms with Crippen molar-refractivity contribution >= 4 is 11.8 Å². The first-order valence-electron chi connectivity index (χ1n) is 8.29. The van der Waals surface area contributed by atoms with E-state index in [4.69, 9.17) is 9.26 Å². The summed E-state index contributed by atoms with van der Waals surface area (Å²) < 4.78 is 23.9. The lowest BCUT2D eigenvalue weighted by atomic mass is 10.1. The quantitative estimate of drug-likeness (QED) is 0.644. The summed E-state index contributed by atoms with van der Waals surface area (Å²) in [6.45, 7) is 1.94. The highest BCUT2D eigenvalue weighted by Gasteiger charge is 2.26. The summed E-state index contributed by atoms with van der Waals surface area (Å²) in [5.41, 5.74) is 0.958. The molecule has 7 nitrogen and oxygen atoms in total. The van der Waals surface area contributed by atoms with E-state index in [1.165, 1.54) is 25.3 Å². The average Bonchev–Trinajstić information content (AvgIpc) is 3.11. The molecule has 3 aromatic rings. The minimum absolute atomic E-state index is 0.0131. The van der Waals surface area contributed by atoms with E-state index in [1.54, 1.807) is 12.3 Å². The Labute approximate surface area is 154 Å². The fraction of sp³-hybridized carbons (Fsp3) is 0.211. The van der Waals surface area contributed by atoms with Gasteiger partial charge in [-0.3, -0.25) is 4.98 Å². The number of hydrogen-bond donors (Lipinski definition) is 2. The molecule has 0 saturated carbocycles. The van der Waals surface area contributed by atoms with Gasteiger partial charge in [0.15, 0.2) is 28.7 Å². The van der Waals surface area contributed by atoms with Gasteiger partial charge in [-0.05, 0) is 36.8 Å². The van der Waals surface area contributed by atoms with Gasteiger partial charge in [-0.1, -0.05) is 18.1 Å². The molecule has 140 valence electrons. The van der Waals surface area contributed by atoms with Crippen molar-refractivity contribution < 1.29 is 23.6 Å². The van der Waals surface area contributed by atoms with Crippen molar-refractivity contribution in [1.82, 2.24) is 10.1 Å². The third kappa shape index (κ3) is 3.74. The van der Waals surface area contributed by atoms with Gasteiger partial charge in [0.25, 0.3) is 0 Å². The summed E-state index contributed by atoms with van der Waals surface area (Å²) in [6.07, 6.45) is 2.32. The number of carboxylic acids is 1. The second-order valence-electron chi connectivity index (χ2n) is 5.75. The van der Waals surface area contributed by atoms with Crippen LogP contribution in [-0.4, -0.2) is 28.3 Å². The van der Waals surface area contributed by atoms with Crippen molar-refractivity contribution in [2.75, 3.05) is 12.4 Å². The van der Waals surface area contributed by atoms with E-state index in [0.29, 0.717) is 12.0 Å². The van der Waals surface area contributed by atoms with Crippen molar-refractivity contribution in [2.45, 2.75) is 19.4 Å². The zero-order chi connectivity index (χ0) is 19.4. The number of aromatic carboxylic acids is 1. The Morgan fingerprint density at radius 3 is 2.81 bits per heavy atom. The lowest BCUT2D eigenvalue weighted by Crippen LogP contribution is -2.14. The van der Waals surface area contributed by atoms with E-state index in [2.05, 4.69) is 15.5 Å². The lowest BCUT2D eigenvalue weighted by molar-refractivity contribution is 0.0698. The molecule has 1 aromatic carbocycles. The number of halogens is 1. The number of carbonyl (C=O) groups is 1. The Bertz CT molecular complexity index is 943. The topological polar surface area (TPSA) is 97.5 Å². The highest BCUT2D eigenvalue weighted by molar-refractivity contribution is 5.99. The van der Waals surface area contributed by atoms with Crippen LogP contribution in [0, 0.1) is 5.82 Å². The van der Waals surface area contributed by atoms with Gasteiger partial charge in [0.1, 0.15) is 0 Å². The third-order valence-corrected chi connectivity index (χ3v) is 4.08. The summed E-state index contributed by atoms with van der Waals surface area (Å²) >= 11 is 0. The van der Waals surface area contributed by atoms with Gasteiger partial charge < -0.3 is 19.7 Å². The molecule has 0 fully saturated rings. The standard InChI is InChI=1S/C19H18FN3O4/c1-3-13(14-6-4-5-9-21-14)22-18-16(19(24)25)17(27-23-18)11-7-8-12(20)15(10-11)26-2/h4-10,13H,3H2,1-2H3,(H,22,23)(H,24,25). The maximum Gasteiger partial charge on any atom is 0.343 e. The predicted molar refractivity (Wildman–Crippen MR) is 96.3 cm³/mol. The van der Waals surface area contributed by atoms with Crippen LogP contribution < -0.4 is 10.1 Å². The molecular weight excluding hydrogens is 353 g/mol. The summed E-state index contributed by atoms with van der Waals surface area (Å²) in [4.78, 5) is 16.1. The van der Waals surface area contributed by atoms with E-state index >= 15 is 0 Å². The third-order valence-electron chi connectivity index (χ3n) is 4.08. The molecule has 2 aromatic heterocycles. The summed E-state index contributed by atoms with van der Waals surface area (Å²) in [7, 11) is 1.33. The first kappa shape index (κ1) is 18.4. The summed E-state index contributed by atoms with van der Waals surface area (Å²) in [5, 5.41) is 16.6. The van der Waals surface area contributed by atoms with Crippen molar-refractivity contribution in [2.24, 2.45) is 0 Å². The molecule has 0 aliphatic rings. The Hall–Kier alpha value is -3.42. The van der Waals surface area contributed by atoms with Gasteiger partial charge >= 0.3 is 5.97 Å². The zero-order valence-corrected chi connectivity index (χ0v) is 14.8. The first-order valence-corrected chi connectivity index (χ1v) is 8.29. The smallest absolute Gasteiger partial charge is 0.343 e. The molecule has 0 aliphatic heterocycles. The molecule has 0 amide bonds. The lowest BCUT2D eigenvalue weighted by Gasteiger charge is -2.15. The highest BCUT2D eigenvalue weighted by atomic mass is 19.1. The molecule has 2 N–H and O–H groups in total. The second kappa shape index (κ2) is 7.86. The summed E-state index contributed by atoms with van der Waals surface area (Å²) in [5.74, 6) is -1.70. The van der Waals surface area contributed by atoms with E-state index in [1.807, 2.05) is 19.1 Å². The molecule has 0 aliphatic carbocycles. The molecule has 27 heavy (non-hydrogen) atoms. The maximum atomic E-state index is 13.6.